The van der Waals surface area contributed by atoms with Crippen molar-refractivity contribution in [2.24, 2.45) is 17.8 Å². The number of carbonyl (C=O) groups is 3. The summed E-state index contributed by atoms with van der Waals surface area (Å²) in [6, 6.07) is 16.6. The van der Waals surface area contributed by atoms with E-state index in [1.807, 2.05) is 61.5 Å². The summed E-state index contributed by atoms with van der Waals surface area (Å²) >= 11 is 1.69. The van der Waals surface area contributed by atoms with Crippen molar-refractivity contribution in [3.05, 3.63) is 85.5 Å². The summed E-state index contributed by atoms with van der Waals surface area (Å²) < 4.78 is 4.90. The molecule has 3 fully saturated rings. The Kier molecular flexibility index (Phi) is 10.9. The standard InChI is InChI=1S/C37H47N3O5S/c1-5-20-38(25-27-14-10-8-11-15-27)36(44)33-37-26(4)24-30(46-37)31(32(37)35(43)40(33)22-12-9-13-23-41)34(42)39(21-6-2)28-16-18-29(19-17-28)45-7-3/h5-6,8,10-11,14-19,26,30-33,41H,1-2,7,9,12-13,20-25H2,3-4H3/t26?,30-,31+,32+,33?,37?/m1/s1. The Morgan fingerprint density at radius 2 is 1.76 bits per heavy atom. The van der Waals surface area contributed by atoms with E-state index >= 15 is 0 Å². The number of likely N-dealkylation sites (tertiary alicyclic amines) is 1. The molecule has 3 amide bonds. The average molecular weight is 646 g/mol. The van der Waals surface area contributed by atoms with Gasteiger partial charge in [0.1, 0.15) is 11.8 Å². The van der Waals surface area contributed by atoms with E-state index in [0.29, 0.717) is 45.6 Å². The van der Waals surface area contributed by atoms with Gasteiger partial charge in [-0.3, -0.25) is 14.4 Å². The monoisotopic (exact) mass is 645 g/mol. The highest BCUT2D eigenvalue weighted by atomic mass is 32.2. The first-order valence-corrected chi connectivity index (χ1v) is 17.4. The summed E-state index contributed by atoms with van der Waals surface area (Å²) in [6.45, 7) is 14.0. The van der Waals surface area contributed by atoms with E-state index < -0.39 is 22.6 Å². The van der Waals surface area contributed by atoms with Crippen LogP contribution in [-0.4, -0.2) is 81.5 Å². The molecule has 1 spiro atoms. The molecule has 5 rings (SSSR count). The summed E-state index contributed by atoms with van der Waals surface area (Å²) in [5.41, 5.74) is 1.73. The van der Waals surface area contributed by atoms with Gasteiger partial charge in [0.2, 0.25) is 17.7 Å². The van der Waals surface area contributed by atoms with E-state index in [2.05, 4.69) is 20.1 Å². The van der Waals surface area contributed by atoms with Gasteiger partial charge in [-0.2, -0.15) is 0 Å². The van der Waals surface area contributed by atoms with Gasteiger partial charge in [-0.15, -0.1) is 24.9 Å². The molecule has 3 saturated heterocycles. The molecule has 2 aromatic carbocycles. The van der Waals surface area contributed by atoms with Crippen LogP contribution >= 0.6 is 11.8 Å². The predicted molar refractivity (Wildman–Crippen MR) is 184 cm³/mol. The minimum atomic E-state index is -0.717. The summed E-state index contributed by atoms with van der Waals surface area (Å²) in [4.78, 5) is 49.4. The number of hydrogen-bond acceptors (Lipinski definition) is 6. The fraction of sp³-hybridized carbons (Fsp3) is 0.486. The number of thioether (sulfide) groups is 1. The predicted octanol–water partition coefficient (Wildman–Crippen LogP) is 5.32. The summed E-state index contributed by atoms with van der Waals surface area (Å²) in [5, 5.41) is 9.32. The van der Waals surface area contributed by atoms with Crippen LogP contribution in [-0.2, 0) is 20.9 Å². The third kappa shape index (κ3) is 6.24. The third-order valence-corrected chi connectivity index (χ3v) is 11.8. The normalized spacial score (nSPS) is 26.1. The minimum absolute atomic E-state index is 0.0672. The van der Waals surface area contributed by atoms with Gasteiger partial charge in [0, 0.05) is 43.7 Å². The van der Waals surface area contributed by atoms with E-state index in [0.717, 1.165) is 29.8 Å². The lowest BCUT2D eigenvalue weighted by Gasteiger charge is -2.41. The molecule has 0 aliphatic carbocycles. The molecule has 3 aliphatic heterocycles. The van der Waals surface area contributed by atoms with E-state index in [1.165, 1.54) is 0 Å². The number of benzene rings is 2. The van der Waals surface area contributed by atoms with E-state index in [-0.39, 0.29) is 35.5 Å². The Hall–Kier alpha value is -3.56. The molecule has 6 atom stereocenters. The van der Waals surface area contributed by atoms with Crippen LogP contribution in [0.1, 0.15) is 45.1 Å². The van der Waals surface area contributed by atoms with Crippen LogP contribution in [0.2, 0.25) is 0 Å². The Bertz CT molecular complexity index is 1400. The number of aliphatic hydroxyl groups excluding tert-OH is 1. The van der Waals surface area contributed by atoms with Crippen molar-refractivity contribution in [2.75, 3.05) is 37.7 Å². The number of hydrogen-bond donors (Lipinski definition) is 1. The van der Waals surface area contributed by atoms with Crippen molar-refractivity contribution in [3.63, 3.8) is 0 Å². The van der Waals surface area contributed by atoms with Crippen molar-refractivity contribution in [1.29, 1.82) is 0 Å². The molecule has 0 saturated carbocycles. The lowest BCUT2D eigenvalue weighted by atomic mass is 9.65. The van der Waals surface area contributed by atoms with Gasteiger partial charge in [0.15, 0.2) is 0 Å². The lowest BCUT2D eigenvalue weighted by Crippen LogP contribution is -2.57. The van der Waals surface area contributed by atoms with Gasteiger partial charge in [-0.1, -0.05) is 49.4 Å². The number of aliphatic hydroxyl groups is 1. The molecular weight excluding hydrogens is 598 g/mol. The highest BCUT2D eigenvalue weighted by molar-refractivity contribution is 8.02. The molecule has 2 aromatic rings. The van der Waals surface area contributed by atoms with Crippen LogP contribution in [0.15, 0.2) is 79.9 Å². The highest BCUT2D eigenvalue weighted by Crippen LogP contribution is 2.69. The van der Waals surface area contributed by atoms with Crippen LogP contribution in [0.3, 0.4) is 0 Å². The van der Waals surface area contributed by atoms with Crippen molar-refractivity contribution in [1.82, 2.24) is 9.80 Å². The van der Waals surface area contributed by atoms with Gasteiger partial charge < -0.3 is 24.5 Å². The largest absolute Gasteiger partial charge is 0.494 e. The van der Waals surface area contributed by atoms with E-state index in [4.69, 9.17) is 4.74 Å². The van der Waals surface area contributed by atoms with E-state index in [1.54, 1.807) is 38.6 Å². The molecule has 3 aliphatic rings. The molecule has 0 radical (unpaired) electrons. The molecule has 46 heavy (non-hydrogen) atoms. The topological polar surface area (TPSA) is 90.4 Å². The minimum Gasteiger partial charge on any atom is -0.494 e. The zero-order valence-electron chi connectivity index (χ0n) is 27.1. The Morgan fingerprint density at radius 3 is 2.41 bits per heavy atom. The van der Waals surface area contributed by atoms with Crippen molar-refractivity contribution in [3.8, 4) is 5.75 Å². The molecule has 1 N–H and O–H groups in total. The second kappa shape index (κ2) is 14.9. The van der Waals surface area contributed by atoms with Crippen LogP contribution in [0, 0.1) is 17.8 Å². The number of nitrogens with zero attached hydrogens (tertiary/aromatic N) is 3. The molecule has 0 aromatic heterocycles. The lowest BCUT2D eigenvalue weighted by molar-refractivity contribution is -0.143. The maximum atomic E-state index is 14.8. The number of carbonyl (C=O) groups excluding carboxylic acids is 3. The highest BCUT2D eigenvalue weighted by Gasteiger charge is 2.76. The van der Waals surface area contributed by atoms with Gasteiger partial charge in [-0.05, 0) is 68.4 Å². The zero-order valence-corrected chi connectivity index (χ0v) is 27.9. The second-order valence-corrected chi connectivity index (χ2v) is 14.1. The number of rotatable bonds is 16. The molecule has 8 nitrogen and oxygen atoms in total. The first-order chi connectivity index (χ1) is 22.3. The van der Waals surface area contributed by atoms with Gasteiger partial charge >= 0.3 is 0 Å². The molecule has 3 unspecified atom stereocenters. The van der Waals surface area contributed by atoms with Gasteiger partial charge in [0.25, 0.3) is 0 Å². The number of amides is 3. The van der Waals surface area contributed by atoms with Gasteiger partial charge in [-0.25, -0.2) is 0 Å². The SMILES string of the molecule is C=CCN(Cc1ccccc1)C(=O)C1N(CCCCCO)C(=O)[C@@H]2[C@@H](C(=O)N(CC=C)c3ccc(OCC)cc3)[C@H]3CC(C)C12S3. The number of anilines is 1. The Labute approximate surface area is 277 Å². The number of unbranched alkanes of at least 4 members (excludes halogenated alkanes) is 2. The molecular formula is C37H47N3O5S. The van der Waals surface area contributed by atoms with Crippen LogP contribution in [0.25, 0.3) is 0 Å². The second-order valence-electron chi connectivity index (χ2n) is 12.5. The maximum absolute atomic E-state index is 14.8. The maximum Gasteiger partial charge on any atom is 0.247 e. The Balaban J connectivity index is 1.52. The van der Waals surface area contributed by atoms with Crippen molar-refractivity contribution in [2.45, 2.75) is 62.1 Å². The van der Waals surface area contributed by atoms with Crippen molar-refractivity contribution >= 4 is 35.2 Å². The zero-order chi connectivity index (χ0) is 32.8. The summed E-state index contributed by atoms with van der Waals surface area (Å²) in [6.07, 6.45) is 6.27. The molecule has 2 bridgehead atoms. The average Bonchev–Trinajstić information content (AvgIpc) is 3.65. The van der Waals surface area contributed by atoms with Gasteiger partial charge in [0.05, 0.1) is 23.2 Å². The summed E-state index contributed by atoms with van der Waals surface area (Å²) in [7, 11) is 0. The first kappa shape index (κ1) is 33.8. The fourth-order valence-corrected chi connectivity index (χ4v) is 10.2. The molecule has 246 valence electrons. The smallest absolute Gasteiger partial charge is 0.247 e. The Morgan fingerprint density at radius 1 is 1.04 bits per heavy atom. The van der Waals surface area contributed by atoms with Crippen LogP contribution in [0.5, 0.6) is 5.75 Å². The molecule has 3 heterocycles. The van der Waals surface area contributed by atoms with Crippen LogP contribution < -0.4 is 9.64 Å². The van der Waals surface area contributed by atoms with Crippen molar-refractivity contribution < 1.29 is 24.2 Å². The summed E-state index contributed by atoms with van der Waals surface area (Å²) in [5.74, 6) is -0.672. The molecule has 9 heteroatoms. The third-order valence-electron chi connectivity index (χ3n) is 9.74. The van der Waals surface area contributed by atoms with E-state index in [9.17, 15) is 19.5 Å². The fourth-order valence-electron chi connectivity index (χ4n) is 7.78. The van der Waals surface area contributed by atoms with Crippen LogP contribution in [0.4, 0.5) is 5.69 Å². The number of ether oxygens (including phenoxy) is 1. The quantitative estimate of drug-likeness (QED) is 0.196. The number of fused-ring (bicyclic) bond motifs is 1. The first-order valence-electron chi connectivity index (χ1n) is 16.5.